The lowest BCUT2D eigenvalue weighted by molar-refractivity contribution is -0.142. The van der Waals surface area contributed by atoms with Crippen LogP contribution in [0.25, 0.3) is 0 Å². The summed E-state index contributed by atoms with van der Waals surface area (Å²) in [5.41, 5.74) is 5.90. The molecule has 92 valence electrons. The molecule has 0 spiro atoms. The number of carbonyl (C=O) groups excluding carboxylic acids is 1. The number of ether oxygens (including phenoxy) is 1. The van der Waals surface area contributed by atoms with Gasteiger partial charge in [0.15, 0.2) is 0 Å². The van der Waals surface area contributed by atoms with Gasteiger partial charge >= 0.3 is 11.9 Å². The highest BCUT2D eigenvalue weighted by Gasteiger charge is 2.16. The Kier molecular flexibility index (Phi) is 4.06. The van der Waals surface area contributed by atoms with Crippen molar-refractivity contribution in [3.05, 3.63) is 29.3 Å². The lowest BCUT2D eigenvalue weighted by Crippen LogP contribution is -2.33. The van der Waals surface area contributed by atoms with Crippen molar-refractivity contribution in [1.29, 1.82) is 0 Å². The van der Waals surface area contributed by atoms with E-state index in [4.69, 9.17) is 10.8 Å². The van der Waals surface area contributed by atoms with Crippen LogP contribution in [0, 0.1) is 0 Å². The molecule has 0 bridgehead atoms. The van der Waals surface area contributed by atoms with Crippen LogP contribution in [0.15, 0.2) is 18.2 Å². The number of hydrogen-bond acceptors (Lipinski definition) is 5. The molecule has 0 heterocycles. The molecule has 0 aliphatic heterocycles. The molecule has 0 saturated carbocycles. The molecule has 1 aromatic carbocycles. The zero-order valence-electron chi connectivity index (χ0n) is 9.21. The van der Waals surface area contributed by atoms with Gasteiger partial charge in [0.05, 0.1) is 7.11 Å². The van der Waals surface area contributed by atoms with E-state index in [1.54, 1.807) is 0 Å². The van der Waals surface area contributed by atoms with Gasteiger partial charge in [-0.1, -0.05) is 6.07 Å². The first-order chi connectivity index (χ1) is 7.95. The van der Waals surface area contributed by atoms with Crippen LogP contribution in [0.2, 0.25) is 0 Å². The highest BCUT2D eigenvalue weighted by Crippen LogP contribution is 2.19. The van der Waals surface area contributed by atoms with Gasteiger partial charge in [-0.15, -0.1) is 0 Å². The van der Waals surface area contributed by atoms with Gasteiger partial charge in [0.25, 0.3) is 0 Å². The summed E-state index contributed by atoms with van der Waals surface area (Å²) in [4.78, 5) is 21.7. The SMILES string of the molecule is COC(=O)[C@@H](N)Cc1ccc(C(=O)O)c(O)c1. The Balaban J connectivity index is 2.84. The standard InChI is InChI=1S/C11H13NO5/c1-17-11(16)8(12)4-6-2-3-7(10(14)15)9(13)5-6/h2-3,5,8,13H,4,12H2,1H3,(H,14,15)/t8-/m0/s1. The summed E-state index contributed by atoms with van der Waals surface area (Å²) in [5, 5.41) is 18.1. The van der Waals surface area contributed by atoms with E-state index < -0.39 is 18.0 Å². The molecule has 1 atom stereocenters. The zero-order chi connectivity index (χ0) is 13.0. The molecule has 6 heteroatoms. The molecule has 17 heavy (non-hydrogen) atoms. The summed E-state index contributed by atoms with van der Waals surface area (Å²) in [6.07, 6.45) is 0.167. The zero-order valence-corrected chi connectivity index (χ0v) is 9.21. The van der Waals surface area contributed by atoms with Crippen LogP contribution in [-0.2, 0) is 16.0 Å². The topological polar surface area (TPSA) is 110 Å². The lowest BCUT2D eigenvalue weighted by Gasteiger charge is -2.09. The Morgan fingerprint density at radius 2 is 2.12 bits per heavy atom. The first-order valence-corrected chi connectivity index (χ1v) is 4.84. The van der Waals surface area contributed by atoms with Crippen molar-refractivity contribution in [2.24, 2.45) is 5.73 Å². The molecular weight excluding hydrogens is 226 g/mol. The van der Waals surface area contributed by atoms with Crippen molar-refractivity contribution < 1.29 is 24.5 Å². The summed E-state index contributed by atoms with van der Waals surface area (Å²) in [6.45, 7) is 0. The first-order valence-electron chi connectivity index (χ1n) is 4.84. The van der Waals surface area contributed by atoms with Crippen LogP contribution in [0.1, 0.15) is 15.9 Å². The summed E-state index contributed by atoms with van der Waals surface area (Å²) in [5.74, 6) is -2.13. The molecular formula is C11H13NO5. The van der Waals surface area contributed by atoms with Crippen molar-refractivity contribution in [2.75, 3.05) is 7.11 Å². The Bertz CT molecular complexity index is 443. The summed E-state index contributed by atoms with van der Waals surface area (Å²) in [7, 11) is 1.23. The number of aromatic carboxylic acids is 1. The van der Waals surface area contributed by atoms with Crippen molar-refractivity contribution in [3.63, 3.8) is 0 Å². The Hall–Kier alpha value is -2.08. The maximum Gasteiger partial charge on any atom is 0.339 e. The molecule has 0 amide bonds. The number of aromatic hydroxyl groups is 1. The predicted octanol–water partition coefficient (Wildman–Crippen LogP) is 0.133. The largest absolute Gasteiger partial charge is 0.507 e. The van der Waals surface area contributed by atoms with Crippen molar-refractivity contribution in [1.82, 2.24) is 0 Å². The Morgan fingerprint density at radius 3 is 2.59 bits per heavy atom. The van der Waals surface area contributed by atoms with Crippen LogP contribution in [-0.4, -0.2) is 35.3 Å². The molecule has 0 radical (unpaired) electrons. The molecule has 0 saturated heterocycles. The first kappa shape index (κ1) is 13.0. The average molecular weight is 239 g/mol. The summed E-state index contributed by atoms with van der Waals surface area (Å²) < 4.78 is 4.46. The van der Waals surface area contributed by atoms with E-state index in [1.807, 2.05) is 0 Å². The summed E-state index contributed by atoms with van der Waals surface area (Å²) >= 11 is 0. The van der Waals surface area contributed by atoms with Crippen molar-refractivity contribution in [2.45, 2.75) is 12.5 Å². The quantitative estimate of drug-likeness (QED) is 0.644. The number of carboxylic acid groups (broad SMARTS) is 1. The summed E-state index contributed by atoms with van der Waals surface area (Å²) in [6, 6.07) is 3.19. The van der Waals surface area contributed by atoms with Gasteiger partial charge in [-0.25, -0.2) is 4.79 Å². The van der Waals surface area contributed by atoms with Gasteiger partial charge in [0.1, 0.15) is 17.4 Å². The average Bonchev–Trinajstić information content (AvgIpc) is 2.27. The van der Waals surface area contributed by atoms with Crippen LogP contribution in [0.3, 0.4) is 0 Å². The number of rotatable bonds is 4. The highest BCUT2D eigenvalue weighted by atomic mass is 16.5. The minimum absolute atomic E-state index is 0.167. The van der Waals surface area contributed by atoms with Gasteiger partial charge in [-0.2, -0.15) is 0 Å². The van der Waals surface area contributed by atoms with Gasteiger partial charge in [0.2, 0.25) is 0 Å². The van der Waals surface area contributed by atoms with E-state index in [9.17, 15) is 14.7 Å². The molecule has 0 aliphatic carbocycles. The lowest BCUT2D eigenvalue weighted by atomic mass is 10.0. The van der Waals surface area contributed by atoms with E-state index in [0.29, 0.717) is 5.56 Å². The third kappa shape index (κ3) is 3.18. The fraction of sp³-hybridized carbons (Fsp3) is 0.273. The van der Waals surface area contributed by atoms with Crippen molar-refractivity contribution >= 4 is 11.9 Å². The van der Waals surface area contributed by atoms with Crippen LogP contribution in [0.5, 0.6) is 5.75 Å². The smallest absolute Gasteiger partial charge is 0.339 e. The van der Waals surface area contributed by atoms with Gasteiger partial charge in [-0.3, -0.25) is 4.79 Å². The third-order valence-corrected chi connectivity index (χ3v) is 2.25. The number of methoxy groups -OCH3 is 1. The van der Waals surface area contributed by atoms with Crippen LogP contribution >= 0.6 is 0 Å². The minimum atomic E-state index is -1.22. The fourth-order valence-corrected chi connectivity index (χ4v) is 1.37. The number of esters is 1. The van der Waals surface area contributed by atoms with Crippen LogP contribution < -0.4 is 5.73 Å². The highest BCUT2D eigenvalue weighted by molar-refractivity contribution is 5.90. The van der Waals surface area contributed by atoms with Gasteiger partial charge < -0.3 is 20.7 Å². The second kappa shape index (κ2) is 5.31. The van der Waals surface area contributed by atoms with E-state index in [0.717, 1.165) is 0 Å². The maximum absolute atomic E-state index is 11.1. The second-order valence-electron chi connectivity index (χ2n) is 3.49. The molecule has 1 aromatic rings. The normalized spacial score (nSPS) is 11.9. The van der Waals surface area contributed by atoms with Crippen LogP contribution in [0.4, 0.5) is 0 Å². The number of hydrogen-bond donors (Lipinski definition) is 3. The molecule has 0 aliphatic rings. The second-order valence-corrected chi connectivity index (χ2v) is 3.49. The third-order valence-electron chi connectivity index (χ3n) is 2.25. The number of phenols is 1. The monoisotopic (exact) mass is 239 g/mol. The Labute approximate surface area is 97.6 Å². The molecule has 0 fully saturated rings. The van der Waals surface area contributed by atoms with E-state index in [2.05, 4.69) is 4.74 Å². The number of benzene rings is 1. The van der Waals surface area contributed by atoms with E-state index in [1.165, 1.54) is 25.3 Å². The van der Waals surface area contributed by atoms with Gasteiger partial charge in [0, 0.05) is 0 Å². The molecule has 0 aromatic heterocycles. The van der Waals surface area contributed by atoms with Crippen molar-refractivity contribution in [3.8, 4) is 5.75 Å². The number of nitrogens with two attached hydrogens (primary N) is 1. The van der Waals surface area contributed by atoms with E-state index >= 15 is 0 Å². The fourth-order valence-electron chi connectivity index (χ4n) is 1.37. The Morgan fingerprint density at radius 1 is 1.47 bits per heavy atom. The van der Waals surface area contributed by atoms with E-state index in [-0.39, 0.29) is 17.7 Å². The number of carboxylic acids is 1. The molecule has 1 rings (SSSR count). The molecule has 6 nitrogen and oxygen atoms in total. The minimum Gasteiger partial charge on any atom is -0.507 e. The molecule has 0 unspecified atom stereocenters. The molecule has 4 N–H and O–H groups in total. The maximum atomic E-state index is 11.1. The number of carbonyl (C=O) groups is 2. The predicted molar refractivity (Wildman–Crippen MR) is 58.8 cm³/mol. The van der Waals surface area contributed by atoms with Gasteiger partial charge in [-0.05, 0) is 24.1 Å².